The van der Waals surface area contributed by atoms with Crippen LogP contribution >= 0.6 is 0 Å². The summed E-state index contributed by atoms with van der Waals surface area (Å²) in [6.45, 7) is 2.33. The lowest BCUT2D eigenvalue weighted by atomic mass is 10.1. The molecule has 110 valence electrons. The number of carbonyl (C=O) groups excluding carboxylic acids is 1. The summed E-state index contributed by atoms with van der Waals surface area (Å²) in [6.07, 6.45) is 0. The van der Waals surface area contributed by atoms with Gasteiger partial charge in [-0.1, -0.05) is 30.3 Å². The second-order valence-electron chi connectivity index (χ2n) is 5.19. The van der Waals surface area contributed by atoms with Gasteiger partial charge in [0, 0.05) is 23.2 Å². The maximum atomic E-state index is 12.5. The molecule has 1 heterocycles. The highest BCUT2D eigenvalue weighted by Gasteiger charge is 2.10. The Bertz CT molecular complexity index is 843. The van der Waals surface area contributed by atoms with Crippen LogP contribution < -0.4 is 11.1 Å². The number of benzene rings is 2. The van der Waals surface area contributed by atoms with E-state index in [9.17, 15) is 4.79 Å². The minimum absolute atomic E-state index is 0.147. The average Bonchev–Trinajstić information content (AvgIpc) is 2.54. The number of pyridine rings is 1. The van der Waals surface area contributed by atoms with E-state index in [1.54, 1.807) is 6.07 Å². The molecular weight excluding hydrogens is 274 g/mol. The molecule has 22 heavy (non-hydrogen) atoms. The number of amides is 1. The van der Waals surface area contributed by atoms with Gasteiger partial charge in [-0.15, -0.1) is 0 Å². The molecule has 0 aliphatic heterocycles. The van der Waals surface area contributed by atoms with E-state index < -0.39 is 0 Å². The van der Waals surface area contributed by atoms with Gasteiger partial charge in [0.1, 0.15) is 0 Å². The minimum atomic E-state index is -0.147. The predicted molar refractivity (Wildman–Crippen MR) is 88.8 cm³/mol. The Morgan fingerprint density at radius 1 is 1.14 bits per heavy atom. The Kier molecular flexibility index (Phi) is 3.85. The quantitative estimate of drug-likeness (QED) is 0.778. The van der Waals surface area contributed by atoms with E-state index in [4.69, 9.17) is 5.73 Å². The molecule has 0 radical (unpaired) electrons. The third kappa shape index (κ3) is 2.82. The normalized spacial score (nSPS) is 10.6. The molecule has 3 rings (SSSR count). The van der Waals surface area contributed by atoms with Gasteiger partial charge < -0.3 is 11.1 Å². The van der Waals surface area contributed by atoms with E-state index in [2.05, 4.69) is 10.3 Å². The van der Waals surface area contributed by atoms with Crippen LogP contribution in [0.25, 0.3) is 10.9 Å². The number of carbonyl (C=O) groups is 1. The Morgan fingerprint density at radius 3 is 2.77 bits per heavy atom. The van der Waals surface area contributed by atoms with Crippen molar-refractivity contribution < 1.29 is 4.79 Å². The molecule has 0 saturated carbocycles. The Balaban J connectivity index is 1.97. The summed E-state index contributed by atoms with van der Waals surface area (Å²) in [5, 5.41) is 3.90. The first-order chi connectivity index (χ1) is 10.7. The number of para-hydroxylation sites is 1. The molecular formula is C18H17N3O. The Labute approximate surface area is 129 Å². The van der Waals surface area contributed by atoms with Crippen molar-refractivity contribution in [3.8, 4) is 0 Å². The Morgan fingerprint density at radius 2 is 1.95 bits per heavy atom. The number of rotatable bonds is 3. The summed E-state index contributed by atoms with van der Waals surface area (Å²) in [4.78, 5) is 16.9. The van der Waals surface area contributed by atoms with E-state index >= 15 is 0 Å². The van der Waals surface area contributed by atoms with Crippen molar-refractivity contribution in [1.82, 2.24) is 4.98 Å². The fourth-order valence-corrected chi connectivity index (χ4v) is 2.45. The van der Waals surface area contributed by atoms with Gasteiger partial charge in [-0.2, -0.15) is 0 Å². The standard InChI is InChI=1S/C18H17N3O/c1-12-9-17(15-7-2-3-8-16(15)20-12)21-18(22)14-6-4-5-13(10-14)11-19/h2-10H,11,19H2,1H3,(H,20,21,22). The molecule has 0 unspecified atom stereocenters. The molecule has 0 atom stereocenters. The monoisotopic (exact) mass is 291 g/mol. The van der Waals surface area contributed by atoms with Crippen LogP contribution in [0.15, 0.2) is 54.6 Å². The van der Waals surface area contributed by atoms with Crippen LogP contribution in [-0.2, 0) is 6.54 Å². The third-order valence-electron chi connectivity index (χ3n) is 3.52. The third-order valence-corrected chi connectivity index (χ3v) is 3.52. The molecule has 1 aromatic heterocycles. The lowest BCUT2D eigenvalue weighted by Gasteiger charge is -2.10. The fourth-order valence-electron chi connectivity index (χ4n) is 2.45. The minimum Gasteiger partial charge on any atom is -0.326 e. The zero-order valence-electron chi connectivity index (χ0n) is 12.3. The molecule has 2 aromatic carbocycles. The van der Waals surface area contributed by atoms with Gasteiger partial charge in [0.2, 0.25) is 0 Å². The van der Waals surface area contributed by atoms with E-state index in [0.29, 0.717) is 12.1 Å². The number of fused-ring (bicyclic) bond motifs is 1. The first-order valence-electron chi connectivity index (χ1n) is 7.14. The average molecular weight is 291 g/mol. The van der Waals surface area contributed by atoms with Crippen LogP contribution in [-0.4, -0.2) is 10.9 Å². The largest absolute Gasteiger partial charge is 0.326 e. The summed E-state index contributed by atoms with van der Waals surface area (Å²) in [6, 6.07) is 17.0. The molecule has 0 spiro atoms. The van der Waals surface area contributed by atoms with Crippen LogP contribution in [0, 0.1) is 6.92 Å². The van der Waals surface area contributed by atoms with E-state index in [1.807, 2.05) is 55.5 Å². The summed E-state index contributed by atoms with van der Waals surface area (Å²) in [5.41, 5.74) is 9.66. The summed E-state index contributed by atoms with van der Waals surface area (Å²) >= 11 is 0. The van der Waals surface area contributed by atoms with Crippen molar-refractivity contribution in [3.05, 3.63) is 71.4 Å². The van der Waals surface area contributed by atoms with Crippen molar-refractivity contribution in [2.45, 2.75) is 13.5 Å². The lowest BCUT2D eigenvalue weighted by Crippen LogP contribution is -2.13. The number of hydrogen-bond donors (Lipinski definition) is 2. The number of nitrogens with zero attached hydrogens (tertiary/aromatic N) is 1. The summed E-state index contributed by atoms with van der Waals surface area (Å²) in [7, 11) is 0. The van der Waals surface area contributed by atoms with Gasteiger partial charge in [0.25, 0.3) is 5.91 Å². The van der Waals surface area contributed by atoms with Crippen LogP contribution in [0.4, 0.5) is 5.69 Å². The van der Waals surface area contributed by atoms with Crippen molar-refractivity contribution in [1.29, 1.82) is 0 Å². The highest BCUT2D eigenvalue weighted by molar-refractivity contribution is 6.08. The van der Waals surface area contributed by atoms with Crippen LogP contribution in [0.3, 0.4) is 0 Å². The van der Waals surface area contributed by atoms with Gasteiger partial charge in [0.05, 0.1) is 11.2 Å². The van der Waals surface area contributed by atoms with E-state index in [0.717, 1.165) is 27.8 Å². The molecule has 0 aliphatic rings. The number of nitrogens with one attached hydrogen (secondary N) is 1. The maximum Gasteiger partial charge on any atom is 0.255 e. The number of anilines is 1. The second-order valence-corrected chi connectivity index (χ2v) is 5.19. The van der Waals surface area contributed by atoms with Crippen molar-refractivity contribution in [2.75, 3.05) is 5.32 Å². The first-order valence-corrected chi connectivity index (χ1v) is 7.14. The topological polar surface area (TPSA) is 68.0 Å². The number of aryl methyl sites for hydroxylation is 1. The molecule has 3 N–H and O–H groups in total. The van der Waals surface area contributed by atoms with Gasteiger partial charge in [-0.25, -0.2) is 0 Å². The van der Waals surface area contributed by atoms with E-state index in [-0.39, 0.29) is 5.91 Å². The second kappa shape index (κ2) is 5.95. The molecule has 4 nitrogen and oxygen atoms in total. The SMILES string of the molecule is Cc1cc(NC(=O)c2cccc(CN)c2)c2ccccc2n1. The van der Waals surface area contributed by atoms with Crippen LogP contribution in [0.2, 0.25) is 0 Å². The van der Waals surface area contributed by atoms with Crippen molar-refractivity contribution in [2.24, 2.45) is 5.73 Å². The molecule has 1 amide bonds. The van der Waals surface area contributed by atoms with Crippen LogP contribution in [0.5, 0.6) is 0 Å². The van der Waals surface area contributed by atoms with Crippen molar-refractivity contribution >= 4 is 22.5 Å². The summed E-state index contributed by atoms with van der Waals surface area (Å²) < 4.78 is 0. The summed E-state index contributed by atoms with van der Waals surface area (Å²) in [5.74, 6) is -0.147. The molecule has 0 fully saturated rings. The number of hydrogen-bond acceptors (Lipinski definition) is 3. The van der Waals surface area contributed by atoms with Gasteiger partial charge in [0.15, 0.2) is 0 Å². The highest BCUT2D eigenvalue weighted by atomic mass is 16.1. The number of aromatic nitrogens is 1. The zero-order chi connectivity index (χ0) is 15.5. The molecule has 0 aliphatic carbocycles. The molecule has 0 saturated heterocycles. The van der Waals surface area contributed by atoms with E-state index in [1.165, 1.54) is 0 Å². The zero-order valence-corrected chi connectivity index (χ0v) is 12.3. The first kappa shape index (κ1) is 14.2. The van der Waals surface area contributed by atoms with Gasteiger partial charge in [-0.05, 0) is 36.8 Å². The smallest absolute Gasteiger partial charge is 0.255 e. The molecule has 4 heteroatoms. The van der Waals surface area contributed by atoms with Gasteiger partial charge in [-0.3, -0.25) is 9.78 Å². The lowest BCUT2D eigenvalue weighted by molar-refractivity contribution is 0.102. The highest BCUT2D eigenvalue weighted by Crippen LogP contribution is 2.23. The predicted octanol–water partition coefficient (Wildman–Crippen LogP) is 3.25. The Hall–Kier alpha value is -2.72. The maximum absolute atomic E-state index is 12.5. The number of nitrogens with two attached hydrogens (primary N) is 1. The van der Waals surface area contributed by atoms with Crippen LogP contribution in [0.1, 0.15) is 21.6 Å². The fraction of sp³-hybridized carbons (Fsp3) is 0.111. The molecule has 0 bridgehead atoms. The van der Waals surface area contributed by atoms with Crippen molar-refractivity contribution in [3.63, 3.8) is 0 Å². The molecule has 3 aromatic rings. The van der Waals surface area contributed by atoms with Gasteiger partial charge >= 0.3 is 0 Å².